The first kappa shape index (κ1) is 16.5. The van der Waals surface area contributed by atoms with Crippen LogP contribution >= 0.6 is 0 Å². The van der Waals surface area contributed by atoms with Gasteiger partial charge in [-0.1, -0.05) is 43.7 Å². The number of rotatable bonds is 7. The molecule has 1 saturated heterocycles. The van der Waals surface area contributed by atoms with Crippen molar-refractivity contribution in [2.75, 3.05) is 19.6 Å². The molecule has 118 valence electrons. The predicted molar refractivity (Wildman–Crippen MR) is 86.6 cm³/mol. The first-order chi connectivity index (χ1) is 10.1. The van der Waals surface area contributed by atoms with E-state index < -0.39 is 10.0 Å². The number of hydrogen-bond acceptors (Lipinski definition) is 3. The van der Waals surface area contributed by atoms with Gasteiger partial charge in [-0.05, 0) is 31.4 Å². The molecule has 1 aliphatic heterocycles. The van der Waals surface area contributed by atoms with Crippen molar-refractivity contribution in [3.05, 3.63) is 35.9 Å². The van der Waals surface area contributed by atoms with Crippen LogP contribution in [0, 0.1) is 0 Å². The zero-order chi connectivity index (χ0) is 15.1. The molecule has 1 N–H and O–H groups in total. The topological polar surface area (TPSA) is 49.4 Å². The predicted octanol–water partition coefficient (Wildman–Crippen LogP) is 2.37. The van der Waals surface area contributed by atoms with E-state index in [9.17, 15) is 8.42 Å². The minimum atomic E-state index is -3.24. The normalized spacial score (nSPS) is 19.8. The van der Waals surface area contributed by atoms with E-state index in [4.69, 9.17) is 0 Å². The van der Waals surface area contributed by atoms with Crippen LogP contribution in [0.4, 0.5) is 0 Å². The molecule has 2 rings (SSSR count). The summed E-state index contributed by atoms with van der Waals surface area (Å²) in [7, 11) is -3.24. The Morgan fingerprint density at radius 1 is 1.24 bits per heavy atom. The second kappa shape index (κ2) is 7.92. The van der Waals surface area contributed by atoms with Gasteiger partial charge in [0, 0.05) is 19.1 Å². The Morgan fingerprint density at radius 2 is 2.00 bits per heavy atom. The van der Waals surface area contributed by atoms with Crippen LogP contribution in [0.2, 0.25) is 0 Å². The Bertz CT molecular complexity index is 510. The second-order valence-electron chi connectivity index (χ2n) is 5.75. The van der Waals surface area contributed by atoms with E-state index in [1.54, 1.807) is 4.31 Å². The molecule has 1 unspecified atom stereocenters. The third-order valence-electron chi connectivity index (χ3n) is 3.89. The number of hydrogen-bond donors (Lipinski definition) is 1. The van der Waals surface area contributed by atoms with E-state index in [-0.39, 0.29) is 5.75 Å². The van der Waals surface area contributed by atoms with Crippen LogP contribution in [0.5, 0.6) is 0 Å². The molecular formula is C16H26N2O2S. The van der Waals surface area contributed by atoms with Gasteiger partial charge in [-0.25, -0.2) is 12.7 Å². The third-order valence-corrected chi connectivity index (χ3v) is 5.71. The Labute approximate surface area is 128 Å². The lowest BCUT2D eigenvalue weighted by molar-refractivity contribution is 0.312. The molecule has 21 heavy (non-hydrogen) atoms. The molecule has 5 heteroatoms. The number of piperidine rings is 1. The van der Waals surface area contributed by atoms with Crippen molar-refractivity contribution in [3.63, 3.8) is 0 Å². The molecule has 0 saturated carbocycles. The van der Waals surface area contributed by atoms with Crippen LogP contribution in [0.3, 0.4) is 0 Å². The summed E-state index contributed by atoms with van der Waals surface area (Å²) in [6.45, 7) is 4.24. The van der Waals surface area contributed by atoms with Crippen molar-refractivity contribution in [3.8, 4) is 0 Å². The highest BCUT2D eigenvalue weighted by Crippen LogP contribution is 2.15. The van der Waals surface area contributed by atoms with Gasteiger partial charge in [0.1, 0.15) is 0 Å². The van der Waals surface area contributed by atoms with Crippen molar-refractivity contribution >= 4 is 10.0 Å². The molecule has 0 aromatic heterocycles. The van der Waals surface area contributed by atoms with E-state index in [1.807, 2.05) is 37.3 Å². The van der Waals surface area contributed by atoms with Gasteiger partial charge in [0.15, 0.2) is 0 Å². The van der Waals surface area contributed by atoms with Crippen LogP contribution in [0.15, 0.2) is 30.3 Å². The standard InChI is InChI=1S/C16H26N2O2S/c1-2-12-18(13-16-10-6-7-11-17-16)21(19,20)14-15-8-4-3-5-9-15/h3-5,8-9,16-17H,2,6-7,10-14H2,1H3. The fourth-order valence-corrected chi connectivity index (χ4v) is 4.46. The number of nitrogens with one attached hydrogen (secondary N) is 1. The van der Waals surface area contributed by atoms with E-state index in [1.165, 1.54) is 12.8 Å². The van der Waals surface area contributed by atoms with E-state index in [2.05, 4.69) is 5.32 Å². The van der Waals surface area contributed by atoms with Crippen LogP contribution in [0.25, 0.3) is 0 Å². The highest BCUT2D eigenvalue weighted by Gasteiger charge is 2.25. The first-order valence-corrected chi connectivity index (χ1v) is 9.48. The van der Waals surface area contributed by atoms with E-state index in [0.29, 0.717) is 19.1 Å². The maximum atomic E-state index is 12.7. The molecule has 1 fully saturated rings. The van der Waals surface area contributed by atoms with Gasteiger partial charge >= 0.3 is 0 Å². The summed E-state index contributed by atoms with van der Waals surface area (Å²) < 4.78 is 27.0. The SMILES string of the molecule is CCCN(CC1CCCCN1)S(=O)(=O)Cc1ccccc1. The van der Waals surface area contributed by atoms with E-state index in [0.717, 1.165) is 24.9 Å². The summed E-state index contributed by atoms with van der Waals surface area (Å²) in [5.41, 5.74) is 0.857. The molecule has 1 aromatic rings. The van der Waals surface area contributed by atoms with Crippen molar-refractivity contribution in [1.82, 2.24) is 9.62 Å². The zero-order valence-electron chi connectivity index (χ0n) is 12.8. The monoisotopic (exact) mass is 310 g/mol. The molecule has 0 aliphatic carbocycles. The van der Waals surface area contributed by atoms with Gasteiger partial charge in [0.2, 0.25) is 10.0 Å². The molecule has 1 aliphatic rings. The quantitative estimate of drug-likeness (QED) is 0.841. The summed E-state index contributed by atoms with van der Waals surface area (Å²) in [4.78, 5) is 0. The highest BCUT2D eigenvalue weighted by molar-refractivity contribution is 7.88. The van der Waals surface area contributed by atoms with E-state index >= 15 is 0 Å². The fourth-order valence-electron chi connectivity index (χ4n) is 2.80. The van der Waals surface area contributed by atoms with Gasteiger partial charge in [0.25, 0.3) is 0 Å². The van der Waals surface area contributed by atoms with Crippen molar-refractivity contribution in [1.29, 1.82) is 0 Å². The van der Waals surface area contributed by atoms with Crippen LogP contribution in [-0.2, 0) is 15.8 Å². The number of benzene rings is 1. The molecule has 4 nitrogen and oxygen atoms in total. The van der Waals surface area contributed by atoms with Crippen molar-refractivity contribution in [2.45, 2.75) is 44.4 Å². The van der Waals surface area contributed by atoms with Gasteiger partial charge in [-0.3, -0.25) is 0 Å². The van der Waals surface area contributed by atoms with Crippen molar-refractivity contribution < 1.29 is 8.42 Å². The third kappa shape index (κ3) is 5.09. The first-order valence-electron chi connectivity index (χ1n) is 7.87. The van der Waals surface area contributed by atoms with Gasteiger partial charge in [-0.2, -0.15) is 0 Å². The average Bonchev–Trinajstić information content (AvgIpc) is 2.48. The molecule has 0 amide bonds. The van der Waals surface area contributed by atoms with Gasteiger partial charge in [0.05, 0.1) is 5.75 Å². The Hall–Kier alpha value is -0.910. The highest BCUT2D eigenvalue weighted by atomic mass is 32.2. The summed E-state index contributed by atoms with van der Waals surface area (Å²) in [5.74, 6) is 0.0978. The maximum Gasteiger partial charge on any atom is 0.218 e. The van der Waals surface area contributed by atoms with Crippen molar-refractivity contribution in [2.24, 2.45) is 0 Å². The van der Waals surface area contributed by atoms with Crippen LogP contribution in [-0.4, -0.2) is 38.4 Å². The minimum absolute atomic E-state index is 0.0978. The number of nitrogens with zero attached hydrogens (tertiary/aromatic N) is 1. The van der Waals surface area contributed by atoms with Crippen LogP contribution in [0.1, 0.15) is 38.2 Å². The number of sulfonamides is 1. The second-order valence-corrected chi connectivity index (χ2v) is 7.72. The summed E-state index contributed by atoms with van der Waals surface area (Å²) >= 11 is 0. The lowest BCUT2D eigenvalue weighted by Gasteiger charge is -2.30. The maximum absolute atomic E-state index is 12.7. The largest absolute Gasteiger partial charge is 0.313 e. The molecule has 0 bridgehead atoms. The molecule has 0 radical (unpaired) electrons. The average molecular weight is 310 g/mol. The fraction of sp³-hybridized carbons (Fsp3) is 0.625. The molecule has 1 atom stereocenters. The molecule has 1 aromatic carbocycles. The zero-order valence-corrected chi connectivity index (χ0v) is 13.6. The Kier molecular flexibility index (Phi) is 6.21. The van der Waals surface area contributed by atoms with Gasteiger partial charge in [-0.15, -0.1) is 0 Å². The summed E-state index contributed by atoms with van der Waals surface area (Å²) in [6, 6.07) is 9.73. The summed E-state index contributed by atoms with van der Waals surface area (Å²) in [5, 5.41) is 3.44. The van der Waals surface area contributed by atoms with Crippen LogP contribution < -0.4 is 5.32 Å². The molecular weight excluding hydrogens is 284 g/mol. The minimum Gasteiger partial charge on any atom is -0.313 e. The molecule has 0 spiro atoms. The van der Waals surface area contributed by atoms with Gasteiger partial charge < -0.3 is 5.32 Å². The Morgan fingerprint density at radius 3 is 2.62 bits per heavy atom. The smallest absolute Gasteiger partial charge is 0.218 e. The Balaban J connectivity index is 2.04. The lowest BCUT2D eigenvalue weighted by atomic mass is 10.1. The summed E-state index contributed by atoms with van der Waals surface area (Å²) in [6.07, 6.45) is 4.30. The lowest BCUT2D eigenvalue weighted by Crippen LogP contribution is -2.46. The molecule has 1 heterocycles.